The van der Waals surface area contributed by atoms with Gasteiger partial charge in [0, 0.05) is 32.6 Å². The minimum absolute atomic E-state index is 0.109. The van der Waals surface area contributed by atoms with Crippen molar-refractivity contribution in [2.75, 3.05) is 31.5 Å². The summed E-state index contributed by atoms with van der Waals surface area (Å²) in [5.74, 6) is -0.786. The molecule has 162 valence electrons. The van der Waals surface area contributed by atoms with Gasteiger partial charge in [0.1, 0.15) is 11.6 Å². The van der Waals surface area contributed by atoms with Crippen molar-refractivity contribution in [3.8, 4) is 0 Å². The standard InChI is InChI=1S/C21H28N4O5/c1-21(2,3)30-20(29)25-12-10-24(11-13-25)17(26)9-8-16-19(28)22-15-7-5-4-6-14(15)18(27)23-16/h4-7,16H,8-13H2,1-3H3,(H,22,28)(H,23,27). The third kappa shape index (κ3) is 5.28. The number of piperazine rings is 1. The number of carbonyl (C=O) groups excluding carboxylic acids is 4. The summed E-state index contributed by atoms with van der Waals surface area (Å²) < 4.78 is 5.36. The first-order chi connectivity index (χ1) is 14.1. The zero-order valence-corrected chi connectivity index (χ0v) is 17.6. The minimum atomic E-state index is -0.781. The molecule has 1 aromatic rings. The fourth-order valence-corrected chi connectivity index (χ4v) is 3.41. The van der Waals surface area contributed by atoms with Crippen LogP contribution in [0, 0.1) is 0 Å². The van der Waals surface area contributed by atoms with Crippen molar-refractivity contribution >= 4 is 29.5 Å². The highest BCUT2D eigenvalue weighted by Gasteiger charge is 2.30. The van der Waals surface area contributed by atoms with Crippen LogP contribution in [-0.2, 0) is 14.3 Å². The van der Waals surface area contributed by atoms with Crippen molar-refractivity contribution in [1.29, 1.82) is 0 Å². The summed E-state index contributed by atoms with van der Waals surface area (Å²) in [7, 11) is 0. The maximum absolute atomic E-state index is 12.6. The summed E-state index contributed by atoms with van der Waals surface area (Å²) in [5.41, 5.74) is 0.304. The lowest BCUT2D eigenvalue weighted by molar-refractivity contribution is -0.133. The van der Waals surface area contributed by atoms with Gasteiger partial charge in [0.2, 0.25) is 11.8 Å². The molecule has 0 bridgehead atoms. The van der Waals surface area contributed by atoms with Gasteiger partial charge in [-0.05, 0) is 39.3 Å². The van der Waals surface area contributed by atoms with Crippen LogP contribution in [0.25, 0.3) is 0 Å². The number of para-hydroxylation sites is 1. The molecule has 1 aromatic carbocycles. The van der Waals surface area contributed by atoms with Gasteiger partial charge in [-0.1, -0.05) is 12.1 Å². The van der Waals surface area contributed by atoms with Crippen molar-refractivity contribution in [2.24, 2.45) is 0 Å². The van der Waals surface area contributed by atoms with E-state index in [0.29, 0.717) is 37.4 Å². The van der Waals surface area contributed by atoms with E-state index < -0.39 is 11.6 Å². The minimum Gasteiger partial charge on any atom is -0.444 e. The third-order valence-corrected chi connectivity index (χ3v) is 4.98. The van der Waals surface area contributed by atoms with Crippen molar-refractivity contribution in [2.45, 2.75) is 45.3 Å². The van der Waals surface area contributed by atoms with Gasteiger partial charge in [-0.15, -0.1) is 0 Å². The summed E-state index contributed by atoms with van der Waals surface area (Å²) in [4.78, 5) is 52.8. The highest BCUT2D eigenvalue weighted by Crippen LogP contribution is 2.19. The molecule has 2 heterocycles. The number of fused-ring (bicyclic) bond motifs is 1. The van der Waals surface area contributed by atoms with Crippen LogP contribution in [-0.4, -0.2) is 71.4 Å². The first kappa shape index (κ1) is 21.6. The number of hydrogen-bond acceptors (Lipinski definition) is 5. The zero-order valence-electron chi connectivity index (χ0n) is 17.6. The predicted octanol–water partition coefficient (Wildman–Crippen LogP) is 1.60. The fourth-order valence-electron chi connectivity index (χ4n) is 3.41. The van der Waals surface area contributed by atoms with Crippen LogP contribution < -0.4 is 10.6 Å². The number of nitrogens with one attached hydrogen (secondary N) is 2. The number of carbonyl (C=O) groups is 4. The molecule has 0 radical (unpaired) electrons. The highest BCUT2D eigenvalue weighted by molar-refractivity contribution is 6.09. The molecule has 1 fully saturated rings. The Balaban J connectivity index is 1.49. The summed E-state index contributed by atoms with van der Waals surface area (Å²) in [6.45, 7) is 7.05. The lowest BCUT2D eigenvalue weighted by atomic mass is 10.1. The van der Waals surface area contributed by atoms with E-state index in [1.54, 1.807) is 34.1 Å². The van der Waals surface area contributed by atoms with Gasteiger partial charge in [0.15, 0.2) is 0 Å². The Bertz CT molecular complexity index is 840. The Labute approximate surface area is 175 Å². The van der Waals surface area contributed by atoms with Gasteiger partial charge in [0.25, 0.3) is 5.91 Å². The Kier molecular flexibility index (Phi) is 6.28. The monoisotopic (exact) mass is 416 g/mol. The van der Waals surface area contributed by atoms with Gasteiger partial charge in [0.05, 0.1) is 11.3 Å². The SMILES string of the molecule is CC(C)(C)OC(=O)N1CCN(C(=O)CCC2NC(=O)c3ccccc3NC2=O)CC1. The van der Waals surface area contributed by atoms with E-state index in [2.05, 4.69) is 10.6 Å². The summed E-state index contributed by atoms with van der Waals surface area (Å²) in [6, 6.07) is 6.00. The molecule has 3 rings (SSSR count). The van der Waals surface area contributed by atoms with Gasteiger partial charge in [-0.25, -0.2) is 4.79 Å². The molecule has 9 heteroatoms. The van der Waals surface area contributed by atoms with Crippen molar-refractivity contribution in [1.82, 2.24) is 15.1 Å². The first-order valence-electron chi connectivity index (χ1n) is 10.1. The molecule has 0 aromatic heterocycles. The molecule has 1 unspecified atom stereocenters. The first-order valence-corrected chi connectivity index (χ1v) is 10.1. The summed E-state index contributed by atoms with van der Waals surface area (Å²) in [6.07, 6.45) is -0.0512. The lowest BCUT2D eigenvalue weighted by Crippen LogP contribution is -2.52. The second-order valence-electron chi connectivity index (χ2n) is 8.45. The summed E-state index contributed by atoms with van der Waals surface area (Å²) >= 11 is 0. The predicted molar refractivity (Wildman–Crippen MR) is 110 cm³/mol. The molecule has 0 spiro atoms. The van der Waals surface area contributed by atoms with Crippen LogP contribution in [0.5, 0.6) is 0 Å². The average Bonchev–Trinajstić information content (AvgIpc) is 2.81. The molecule has 0 aliphatic carbocycles. The van der Waals surface area contributed by atoms with E-state index in [-0.39, 0.29) is 36.7 Å². The average molecular weight is 416 g/mol. The Morgan fingerprint density at radius 3 is 2.37 bits per heavy atom. The topological polar surface area (TPSA) is 108 Å². The van der Waals surface area contributed by atoms with Crippen LogP contribution >= 0.6 is 0 Å². The summed E-state index contributed by atoms with van der Waals surface area (Å²) in [5, 5.41) is 5.43. The van der Waals surface area contributed by atoms with Crippen molar-refractivity contribution in [3.05, 3.63) is 29.8 Å². The molecule has 4 amide bonds. The quantitative estimate of drug-likeness (QED) is 0.778. The number of benzene rings is 1. The largest absolute Gasteiger partial charge is 0.444 e. The van der Waals surface area contributed by atoms with Crippen LogP contribution in [0.1, 0.15) is 44.0 Å². The van der Waals surface area contributed by atoms with Crippen molar-refractivity contribution in [3.63, 3.8) is 0 Å². The second-order valence-corrected chi connectivity index (χ2v) is 8.45. The molecule has 2 aliphatic rings. The maximum atomic E-state index is 12.6. The number of hydrogen-bond donors (Lipinski definition) is 2. The fraction of sp³-hybridized carbons (Fsp3) is 0.524. The van der Waals surface area contributed by atoms with E-state index in [9.17, 15) is 19.2 Å². The Morgan fingerprint density at radius 2 is 1.70 bits per heavy atom. The van der Waals surface area contributed by atoms with Gasteiger partial charge < -0.3 is 25.2 Å². The van der Waals surface area contributed by atoms with Gasteiger partial charge in [-0.3, -0.25) is 14.4 Å². The Morgan fingerprint density at radius 1 is 1.07 bits per heavy atom. The van der Waals surface area contributed by atoms with Gasteiger partial charge >= 0.3 is 6.09 Å². The molecule has 9 nitrogen and oxygen atoms in total. The van der Waals surface area contributed by atoms with Crippen LogP contribution in [0.2, 0.25) is 0 Å². The van der Waals surface area contributed by atoms with E-state index in [1.165, 1.54) is 0 Å². The molecule has 2 N–H and O–H groups in total. The number of amides is 4. The smallest absolute Gasteiger partial charge is 0.410 e. The van der Waals surface area contributed by atoms with Crippen LogP contribution in [0.3, 0.4) is 0 Å². The molecule has 2 aliphatic heterocycles. The van der Waals surface area contributed by atoms with Crippen LogP contribution in [0.4, 0.5) is 10.5 Å². The van der Waals surface area contributed by atoms with E-state index in [1.807, 2.05) is 20.8 Å². The normalized spacial score (nSPS) is 19.4. The van der Waals surface area contributed by atoms with E-state index in [4.69, 9.17) is 4.74 Å². The number of nitrogens with zero attached hydrogens (tertiary/aromatic N) is 2. The second kappa shape index (κ2) is 8.73. The maximum Gasteiger partial charge on any atom is 0.410 e. The molecule has 30 heavy (non-hydrogen) atoms. The van der Waals surface area contributed by atoms with Crippen LogP contribution in [0.15, 0.2) is 24.3 Å². The molecule has 0 saturated carbocycles. The highest BCUT2D eigenvalue weighted by atomic mass is 16.6. The Hall–Kier alpha value is -3.10. The number of rotatable bonds is 3. The lowest BCUT2D eigenvalue weighted by Gasteiger charge is -2.35. The van der Waals surface area contributed by atoms with E-state index in [0.717, 1.165) is 0 Å². The van der Waals surface area contributed by atoms with Crippen molar-refractivity contribution < 1.29 is 23.9 Å². The molecular weight excluding hydrogens is 388 g/mol. The van der Waals surface area contributed by atoms with E-state index >= 15 is 0 Å². The zero-order chi connectivity index (χ0) is 21.9. The molecular formula is C21H28N4O5. The molecule has 1 atom stereocenters. The number of ether oxygens (including phenoxy) is 1. The van der Waals surface area contributed by atoms with Gasteiger partial charge in [-0.2, -0.15) is 0 Å². The number of anilines is 1. The molecule has 1 saturated heterocycles. The third-order valence-electron chi connectivity index (χ3n) is 4.98.